The Labute approximate surface area is 78.1 Å². The van der Waals surface area contributed by atoms with Crippen molar-refractivity contribution in [2.24, 2.45) is 5.73 Å². The van der Waals surface area contributed by atoms with E-state index in [0.29, 0.717) is 25.9 Å². The first-order valence-electron chi connectivity index (χ1n) is 4.51. The van der Waals surface area contributed by atoms with Gasteiger partial charge in [0.1, 0.15) is 5.78 Å². The Hall–Kier alpha value is -0.900. The molecule has 0 spiro atoms. The summed E-state index contributed by atoms with van der Waals surface area (Å²) in [6, 6.07) is 0. The lowest BCUT2D eigenvalue weighted by Gasteiger charge is -2.31. The maximum absolute atomic E-state index is 11.6. The van der Waals surface area contributed by atoms with E-state index in [0.717, 1.165) is 0 Å². The van der Waals surface area contributed by atoms with Gasteiger partial charge in [0.25, 0.3) is 0 Å². The Morgan fingerprint density at radius 1 is 1.38 bits per heavy atom. The molecule has 1 aliphatic heterocycles. The molecule has 4 nitrogen and oxygen atoms in total. The number of nitrogens with zero attached hydrogens (tertiary/aromatic N) is 1. The van der Waals surface area contributed by atoms with Crippen molar-refractivity contribution in [1.82, 2.24) is 4.90 Å². The quantitative estimate of drug-likeness (QED) is 0.619. The van der Waals surface area contributed by atoms with Crippen LogP contribution in [0.5, 0.6) is 0 Å². The Morgan fingerprint density at radius 3 is 2.23 bits per heavy atom. The van der Waals surface area contributed by atoms with Gasteiger partial charge in [-0.1, -0.05) is 0 Å². The molecule has 1 amide bonds. The molecule has 1 heterocycles. The number of likely N-dealkylation sites (tertiary alicyclic amines) is 1. The Bertz CT molecular complexity index is 220. The molecule has 4 heteroatoms. The zero-order valence-corrected chi connectivity index (χ0v) is 8.17. The van der Waals surface area contributed by atoms with Crippen molar-refractivity contribution in [3.8, 4) is 0 Å². The van der Waals surface area contributed by atoms with Crippen molar-refractivity contribution < 1.29 is 9.59 Å². The molecule has 13 heavy (non-hydrogen) atoms. The molecule has 0 bridgehead atoms. The fourth-order valence-electron chi connectivity index (χ4n) is 1.37. The molecule has 1 fully saturated rings. The highest BCUT2D eigenvalue weighted by Gasteiger charge is 2.29. The zero-order valence-electron chi connectivity index (χ0n) is 8.17. The van der Waals surface area contributed by atoms with E-state index in [4.69, 9.17) is 5.73 Å². The van der Waals surface area contributed by atoms with Crippen LogP contribution in [-0.4, -0.2) is 35.2 Å². The molecular formula is C9H16N2O2. The minimum absolute atomic E-state index is 0.0694. The van der Waals surface area contributed by atoms with Crippen LogP contribution >= 0.6 is 0 Å². The SMILES string of the molecule is CC(C)(N)C(=O)N1CCC(=O)CC1. The average molecular weight is 184 g/mol. The summed E-state index contributed by atoms with van der Waals surface area (Å²) in [5.74, 6) is 0.166. The molecule has 0 aromatic heterocycles. The highest BCUT2D eigenvalue weighted by atomic mass is 16.2. The molecule has 1 rings (SSSR count). The van der Waals surface area contributed by atoms with Gasteiger partial charge in [0.2, 0.25) is 5.91 Å². The Kier molecular flexibility index (Phi) is 2.71. The normalized spacial score (nSPS) is 19.0. The summed E-state index contributed by atoms with van der Waals surface area (Å²) in [6.07, 6.45) is 0.948. The molecule has 0 atom stereocenters. The minimum Gasteiger partial charge on any atom is -0.340 e. The fraction of sp³-hybridized carbons (Fsp3) is 0.778. The van der Waals surface area contributed by atoms with Gasteiger partial charge in [-0.25, -0.2) is 0 Å². The number of ketones is 1. The van der Waals surface area contributed by atoms with Crippen LogP contribution in [0.15, 0.2) is 0 Å². The van der Waals surface area contributed by atoms with E-state index in [9.17, 15) is 9.59 Å². The molecule has 0 unspecified atom stereocenters. The Morgan fingerprint density at radius 2 is 1.85 bits per heavy atom. The number of hydrogen-bond donors (Lipinski definition) is 1. The number of carbonyl (C=O) groups is 2. The highest BCUT2D eigenvalue weighted by Crippen LogP contribution is 2.10. The van der Waals surface area contributed by atoms with Gasteiger partial charge in [0, 0.05) is 25.9 Å². The molecule has 0 saturated carbocycles. The number of hydrogen-bond acceptors (Lipinski definition) is 3. The van der Waals surface area contributed by atoms with Crippen molar-refractivity contribution in [3.63, 3.8) is 0 Å². The van der Waals surface area contributed by atoms with Crippen molar-refractivity contribution in [1.29, 1.82) is 0 Å². The molecule has 1 aliphatic rings. The molecule has 2 N–H and O–H groups in total. The van der Waals surface area contributed by atoms with Gasteiger partial charge < -0.3 is 10.6 Å². The van der Waals surface area contributed by atoms with Gasteiger partial charge >= 0.3 is 0 Å². The number of Topliss-reactive ketones (excluding diaryl/α,β-unsaturated/α-hetero) is 1. The summed E-state index contributed by atoms with van der Waals surface area (Å²) < 4.78 is 0. The summed E-state index contributed by atoms with van der Waals surface area (Å²) in [7, 11) is 0. The van der Waals surface area contributed by atoms with Gasteiger partial charge in [0.15, 0.2) is 0 Å². The molecule has 74 valence electrons. The second kappa shape index (κ2) is 3.46. The van der Waals surface area contributed by atoms with Crippen LogP contribution in [0.3, 0.4) is 0 Å². The van der Waals surface area contributed by atoms with Gasteiger partial charge in [-0.3, -0.25) is 9.59 Å². The van der Waals surface area contributed by atoms with E-state index in [2.05, 4.69) is 0 Å². The van der Waals surface area contributed by atoms with E-state index in [-0.39, 0.29) is 11.7 Å². The largest absolute Gasteiger partial charge is 0.340 e. The maximum atomic E-state index is 11.6. The summed E-state index contributed by atoms with van der Waals surface area (Å²) in [5.41, 5.74) is 4.85. The minimum atomic E-state index is -0.819. The van der Waals surface area contributed by atoms with Crippen molar-refractivity contribution in [3.05, 3.63) is 0 Å². The molecule has 0 aliphatic carbocycles. The number of carbonyl (C=O) groups excluding carboxylic acids is 2. The van der Waals surface area contributed by atoms with Crippen LogP contribution < -0.4 is 5.73 Å². The summed E-state index contributed by atoms with van der Waals surface area (Å²) in [5, 5.41) is 0. The predicted molar refractivity (Wildman–Crippen MR) is 49.1 cm³/mol. The fourth-order valence-corrected chi connectivity index (χ4v) is 1.37. The lowest BCUT2D eigenvalue weighted by atomic mass is 10.0. The van der Waals surface area contributed by atoms with Crippen LogP contribution in [0.1, 0.15) is 26.7 Å². The van der Waals surface area contributed by atoms with E-state index in [1.807, 2.05) is 0 Å². The van der Waals surface area contributed by atoms with Crippen molar-refractivity contribution >= 4 is 11.7 Å². The van der Waals surface area contributed by atoms with E-state index in [1.165, 1.54) is 0 Å². The Balaban J connectivity index is 2.55. The summed E-state index contributed by atoms with van der Waals surface area (Å²) in [4.78, 5) is 24.2. The topological polar surface area (TPSA) is 63.4 Å². The average Bonchev–Trinajstić information content (AvgIpc) is 2.03. The van der Waals surface area contributed by atoms with E-state index >= 15 is 0 Å². The maximum Gasteiger partial charge on any atom is 0.242 e. The lowest BCUT2D eigenvalue weighted by molar-refractivity contribution is -0.138. The highest BCUT2D eigenvalue weighted by molar-refractivity contribution is 5.88. The summed E-state index contributed by atoms with van der Waals surface area (Å²) >= 11 is 0. The number of piperidine rings is 1. The second-order valence-corrected chi connectivity index (χ2v) is 4.05. The lowest BCUT2D eigenvalue weighted by Crippen LogP contribution is -2.53. The third-order valence-electron chi connectivity index (χ3n) is 2.16. The van der Waals surface area contributed by atoms with Crippen LogP contribution in [-0.2, 0) is 9.59 Å². The van der Waals surface area contributed by atoms with Gasteiger partial charge in [-0.05, 0) is 13.8 Å². The van der Waals surface area contributed by atoms with E-state index in [1.54, 1.807) is 18.7 Å². The number of rotatable bonds is 1. The van der Waals surface area contributed by atoms with Gasteiger partial charge in [-0.2, -0.15) is 0 Å². The third-order valence-corrected chi connectivity index (χ3v) is 2.16. The molecular weight excluding hydrogens is 168 g/mol. The van der Waals surface area contributed by atoms with Crippen molar-refractivity contribution in [2.75, 3.05) is 13.1 Å². The first-order valence-corrected chi connectivity index (χ1v) is 4.51. The van der Waals surface area contributed by atoms with Gasteiger partial charge in [0.05, 0.1) is 5.54 Å². The van der Waals surface area contributed by atoms with Crippen molar-refractivity contribution in [2.45, 2.75) is 32.2 Å². The van der Waals surface area contributed by atoms with Crippen LogP contribution in [0.2, 0.25) is 0 Å². The monoisotopic (exact) mass is 184 g/mol. The zero-order chi connectivity index (χ0) is 10.1. The van der Waals surface area contributed by atoms with Crippen LogP contribution in [0.4, 0.5) is 0 Å². The molecule has 1 saturated heterocycles. The first kappa shape index (κ1) is 10.2. The van der Waals surface area contributed by atoms with Crippen LogP contribution in [0.25, 0.3) is 0 Å². The third kappa shape index (κ3) is 2.52. The number of amides is 1. The van der Waals surface area contributed by atoms with Crippen LogP contribution in [0, 0.1) is 0 Å². The molecule has 0 radical (unpaired) electrons. The van der Waals surface area contributed by atoms with E-state index < -0.39 is 5.54 Å². The first-order chi connectivity index (χ1) is 5.91. The summed E-state index contributed by atoms with van der Waals surface area (Å²) in [6.45, 7) is 4.42. The number of nitrogens with two attached hydrogens (primary N) is 1. The molecule has 0 aromatic rings. The second-order valence-electron chi connectivity index (χ2n) is 4.05. The molecule has 0 aromatic carbocycles. The smallest absolute Gasteiger partial charge is 0.242 e. The predicted octanol–water partition coefficient (Wildman–Crippen LogP) is -0.0848. The van der Waals surface area contributed by atoms with Gasteiger partial charge in [-0.15, -0.1) is 0 Å². The standard InChI is InChI=1S/C9H16N2O2/c1-9(2,10)8(13)11-5-3-7(12)4-6-11/h3-6,10H2,1-2H3.